The Kier molecular flexibility index (Phi) is 7.26. The topological polar surface area (TPSA) is 74.0 Å². The zero-order valence-electron chi connectivity index (χ0n) is 20.2. The molecular formula is C24H39BN2O4. The maximum Gasteiger partial charge on any atom is 0.322 e. The van der Waals surface area contributed by atoms with Crippen LogP contribution < -0.4 is 15.2 Å². The first-order valence-electron chi connectivity index (χ1n) is 11.6. The van der Waals surface area contributed by atoms with E-state index in [2.05, 4.69) is 38.7 Å². The summed E-state index contributed by atoms with van der Waals surface area (Å²) in [6, 6.07) is 3.79. The molecule has 0 bridgehead atoms. The Morgan fingerprint density at radius 1 is 1.23 bits per heavy atom. The lowest BCUT2D eigenvalue weighted by molar-refractivity contribution is -0.166. The van der Waals surface area contributed by atoms with Gasteiger partial charge in [0.05, 0.1) is 19.7 Å². The second kappa shape index (κ2) is 9.41. The summed E-state index contributed by atoms with van der Waals surface area (Å²) in [6.07, 6.45) is 2.75. The van der Waals surface area contributed by atoms with Gasteiger partial charge < -0.3 is 19.9 Å². The van der Waals surface area contributed by atoms with E-state index in [0.717, 1.165) is 43.9 Å². The molecule has 0 aliphatic carbocycles. The number of piperidine rings is 1. The second-order valence-electron chi connectivity index (χ2n) is 10.2. The van der Waals surface area contributed by atoms with Crippen LogP contribution in [-0.4, -0.2) is 57.6 Å². The number of carbonyl (C=O) groups is 1. The highest BCUT2D eigenvalue weighted by Gasteiger charge is 2.48. The van der Waals surface area contributed by atoms with E-state index >= 15 is 0 Å². The molecule has 1 aromatic rings. The van der Waals surface area contributed by atoms with E-state index in [1.807, 2.05) is 13.8 Å². The number of methoxy groups -OCH3 is 2. The third kappa shape index (κ3) is 4.88. The van der Waals surface area contributed by atoms with Crippen molar-refractivity contribution < 1.29 is 19.0 Å². The van der Waals surface area contributed by atoms with Crippen LogP contribution in [0.15, 0.2) is 12.1 Å². The van der Waals surface area contributed by atoms with Crippen molar-refractivity contribution in [1.82, 2.24) is 4.90 Å². The molecule has 0 amide bonds. The van der Waals surface area contributed by atoms with Gasteiger partial charge >= 0.3 is 5.97 Å². The predicted octanol–water partition coefficient (Wildman–Crippen LogP) is 2.52. The summed E-state index contributed by atoms with van der Waals surface area (Å²) in [6.45, 7) is 10.3. The molecule has 7 heteroatoms. The maximum atomic E-state index is 12.9. The van der Waals surface area contributed by atoms with Crippen LogP contribution in [0.5, 0.6) is 11.5 Å². The van der Waals surface area contributed by atoms with Crippen molar-refractivity contribution in [3.05, 3.63) is 23.3 Å². The van der Waals surface area contributed by atoms with Crippen LogP contribution in [0.2, 0.25) is 0 Å². The van der Waals surface area contributed by atoms with Crippen molar-refractivity contribution in [1.29, 1.82) is 0 Å². The molecule has 1 fully saturated rings. The van der Waals surface area contributed by atoms with Crippen LogP contribution in [0.25, 0.3) is 0 Å². The summed E-state index contributed by atoms with van der Waals surface area (Å²) < 4.78 is 17.3. The summed E-state index contributed by atoms with van der Waals surface area (Å²) in [4.78, 5) is 15.4. The SMILES string of the molecule is BC1(OC(=O)[C@@H](N)C(C)C)CC2c3cc(OC)c(OC)cc3CCN2CC1CC(C)C. The molecule has 0 spiro atoms. The summed E-state index contributed by atoms with van der Waals surface area (Å²) in [7, 11) is 5.45. The normalized spacial score (nSPS) is 26.9. The van der Waals surface area contributed by atoms with Crippen LogP contribution in [0.4, 0.5) is 0 Å². The van der Waals surface area contributed by atoms with Crippen LogP contribution in [0, 0.1) is 17.8 Å². The lowest BCUT2D eigenvalue weighted by Crippen LogP contribution is -2.58. The molecule has 2 aliphatic heterocycles. The van der Waals surface area contributed by atoms with Crippen LogP contribution >= 0.6 is 0 Å². The van der Waals surface area contributed by atoms with Crippen LogP contribution in [0.1, 0.15) is 57.7 Å². The molecule has 0 radical (unpaired) electrons. The molecule has 2 aliphatic rings. The number of benzene rings is 1. The number of hydrogen-bond donors (Lipinski definition) is 1. The van der Waals surface area contributed by atoms with E-state index in [9.17, 15) is 4.79 Å². The fourth-order valence-electron chi connectivity index (χ4n) is 5.15. The number of nitrogens with zero attached hydrogens (tertiary/aromatic N) is 1. The van der Waals surface area contributed by atoms with Gasteiger partial charge in [0.15, 0.2) is 19.3 Å². The van der Waals surface area contributed by atoms with Gasteiger partial charge in [-0.25, -0.2) is 0 Å². The van der Waals surface area contributed by atoms with Crippen molar-refractivity contribution >= 4 is 13.8 Å². The summed E-state index contributed by atoms with van der Waals surface area (Å²) in [5, 5.41) is 0. The van der Waals surface area contributed by atoms with Gasteiger partial charge in [-0.05, 0) is 54.4 Å². The van der Waals surface area contributed by atoms with Crippen molar-refractivity contribution in [2.75, 3.05) is 27.3 Å². The Morgan fingerprint density at radius 3 is 2.45 bits per heavy atom. The molecule has 2 N–H and O–H groups in total. The standard InChI is InChI=1S/C24H39BN2O4/c1-14(2)9-17-13-27-8-7-16-10-20(29-5)21(30-6)11-18(16)19(27)12-24(17,25)31-23(28)22(26)15(3)4/h10-11,14-15,17,19,22H,7-9,12-13,25-26H2,1-6H3/t17?,19?,22-,24?/m0/s1. The predicted molar refractivity (Wildman–Crippen MR) is 125 cm³/mol. The first-order chi connectivity index (χ1) is 14.6. The van der Waals surface area contributed by atoms with Crippen molar-refractivity contribution in [3.8, 4) is 11.5 Å². The maximum absolute atomic E-state index is 12.9. The summed E-state index contributed by atoms with van der Waals surface area (Å²) in [5.74, 6) is 2.07. The van der Waals surface area contributed by atoms with E-state index in [-0.39, 0.29) is 23.8 Å². The van der Waals surface area contributed by atoms with Gasteiger partial charge in [-0.1, -0.05) is 27.7 Å². The molecule has 172 valence electrons. The highest BCUT2D eigenvalue weighted by atomic mass is 16.6. The average molecular weight is 430 g/mol. The lowest BCUT2D eigenvalue weighted by Gasteiger charge is -2.52. The quantitative estimate of drug-likeness (QED) is 0.530. The average Bonchev–Trinajstić information content (AvgIpc) is 2.72. The third-order valence-corrected chi connectivity index (χ3v) is 7.11. The molecule has 4 atom stereocenters. The van der Waals surface area contributed by atoms with Gasteiger partial charge in [-0.15, -0.1) is 0 Å². The summed E-state index contributed by atoms with van der Waals surface area (Å²) in [5.41, 5.74) is 8.12. The number of fused-ring (bicyclic) bond motifs is 3. The van der Waals surface area contributed by atoms with Gasteiger partial charge in [0.2, 0.25) is 0 Å². The molecule has 1 saturated heterocycles. The number of carbonyl (C=O) groups excluding carboxylic acids is 1. The zero-order valence-corrected chi connectivity index (χ0v) is 20.2. The molecule has 6 nitrogen and oxygen atoms in total. The van der Waals surface area contributed by atoms with E-state index in [0.29, 0.717) is 5.92 Å². The zero-order chi connectivity index (χ0) is 22.9. The minimum Gasteiger partial charge on any atom is -0.493 e. The van der Waals surface area contributed by atoms with Crippen molar-refractivity contribution in [3.63, 3.8) is 0 Å². The highest BCUT2D eigenvalue weighted by Crippen LogP contribution is 2.47. The van der Waals surface area contributed by atoms with Crippen LogP contribution in [0.3, 0.4) is 0 Å². The smallest absolute Gasteiger partial charge is 0.322 e. The molecule has 2 heterocycles. The minimum atomic E-state index is -0.599. The first-order valence-corrected chi connectivity index (χ1v) is 11.6. The Morgan fingerprint density at radius 2 is 1.87 bits per heavy atom. The highest BCUT2D eigenvalue weighted by molar-refractivity contribution is 6.15. The van der Waals surface area contributed by atoms with E-state index in [1.54, 1.807) is 14.2 Å². The largest absolute Gasteiger partial charge is 0.493 e. The fourth-order valence-corrected chi connectivity index (χ4v) is 5.15. The molecule has 0 aromatic heterocycles. The number of rotatable bonds is 7. The monoisotopic (exact) mass is 430 g/mol. The number of nitrogens with two attached hydrogens (primary N) is 1. The molecular weight excluding hydrogens is 391 g/mol. The van der Waals surface area contributed by atoms with E-state index in [4.69, 9.17) is 19.9 Å². The number of hydrogen-bond acceptors (Lipinski definition) is 6. The Hall–Kier alpha value is -1.73. The molecule has 31 heavy (non-hydrogen) atoms. The van der Waals surface area contributed by atoms with Crippen molar-refractivity contribution in [2.45, 2.75) is 64.5 Å². The molecule has 1 aromatic carbocycles. The van der Waals surface area contributed by atoms with E-state index < -0.39 is 11.5 Å². The fraction of sp³-hybridized carbons (Fsp3) is 0.708. The van der Waals surface area contributed by atoms with E-state index in [1.165, 1.54) is 11.1 Å². The summed E-state index contributed by atoms with van der Waals surface area (Å²) >= 11 is 0. The molecule has 3 unspecified atom stereocenters. The number of ether oxygens (including phenoxy) is 3. The first kappa shape index (κ1) is 23.9. The van der Waals surface area contributed by atoms with Gasteiger partial charge in [0.25, 0.3) is 0 Å². The van der Waals surface area contributed by atoms with Crippen molar-refractivity contribution in [2.24, 2.45) is 23.5 Å². The third-order valence-electron chi connectivity index (χ3n) is 7.11. The second-order valence-corrected chi connectivity index (χ2v) is 10.2. The van der Waals surface area contributed by atoms with Gasteiger partial charge in [0.1, 0.15) is 6.04 Å². The van der Waals surface area contributed by atoms with Crippen LogP contribution in [-0.2, 0) is 16.0 Å². The molecule has 0 saturated carbocycles. The Labute approximate surface area is 188 Å². The molecule has 3 rings (SSSR count). The minimum absolute atomic E-state index is 0.0480. The lowest BCUT2D eigenvalue weighted by atomic mass is 9.61. The van der Waals surface area contributed by atoms with Gasteiger partial charge in [-0.3, -0.25) is 9.69 Å². The van der Waals surface area contributed by atoms with Gasteiger partial charge in [0, 0.05) is 25.0 Å². The van der Waals surface area contributed by atoms with Gasteiger partial charge in [-0.2, -0.15) is 0 Å². The Bertz CT molecular complexity index is 800. The Balaban J connectivity index is 1.95. The number of esters is 1.